The van der Waals surface area contributed by atoms with E-state index in [2.05, 4.69) is 104 Å². The molecule has 0 spiro atoms. The van der Waals surface area contributed by atoms with E-state index in [4.69, 9.17) is 14.2 Å². The van der Waals surface area contributed by atoms with Crippen LogP contribution in [-0.2, 0) is 0 Å². The quantitative estimate of drug-likeness (QED) is 0.122. The van der Waals surface area contributed by atoms with Crippen molar-refractivity contribution in [2.45, 2.75) is 5.92 Å². The second-order valence-corrected chi connectivity index (χ2v) is 16.3. The number of benzene rings is 6. The van der Waals surface area contributed by atoms with Gasteiger partial charge in [0, 0.05) is 127 Å². The number of ether oxygens (including phenoxy) is 3. The Kier molecular flexibility index (Phi) is 15.5. The first kappa shape index (κ1) is 47.6. The highest BCUT2D eigenvalue weighted by molar-refractivity contribution is 5.63. The first-order valence-corrected chi connectivity index (χ1v) is 23.2. The molecule has 3 aromatic heterocycles. The van der Waals surface area contributed by atoms with Crippen molar-refractivity contribution in [2.24, 2.45) is 0 Å². The van der Waals surface area contributed by atoms with Gasteiger partial charge in [-0.1, -0.05) is 89.2 Å². The van der Waals surface area contributed by atoms with Gasteiger partial charge in [0.15, 0.2) is 0 Å². The second kappa shape index (κ2) is 23.7. The highest BCUT2D eigenvalue weighted by atomic mass is 16.5. The summed E-state index contributed by atoms with van der Waals surface area (Å²) in [5.41, 5.74) is 12.3. The Morgan fingerprint density at radius 2 is 0.507 bits per heavy atom. The lowest BCUT2D eigenvalue weighted by Gasteiger charge is -2.25. The van der Waals surface area contributed by atoms with E-state index in [0.29, 0.717) is 17.2 Å². The standard InChI is InChI=1S/C67H43N3O3/c1-71-64-34-31-55(22-19-49-10-4-13-52(40-49)25-28-58-16-7-37-68-46-58)43-61(64)67(62-44-56(32-35-65(62)72-2)23-20-50-11-5-14-53(41-50)26-29-59-17-8-38-69-47-59)63-45-57(33-36-66(63)73-3)24-21-51-12-6-15-54(42-51)27-30-60-18-9-39-70-48-60/h4-18,31-48,67H,1-3H3. The summed E-state index contributed by atoms with van der Waals surface area (Å²) in [5, 5.41) is 0. The molecule has 0 saturated carbocycles. The molecule has 3 heterocycles. The molecular formula is C67H43N3O3. The predicted molar refractivity (Wildman–Crippen MR) is 288 cm³/mol. The van der Waals surface area contributed by atoms with Crippen molar-refractivity contribution in [2.75, 3.05) is 21.3 Å². The van der Waals surface area contributed by atoms with E-state index in [1.54, 1.807) is 58.5 Å². The zero-order valence-corrected chi connectivity index (χ0v) is 40.2. The third-order valence-corrected chi connectivity index (χ3v) is 11.3. The number of rotatable bonds is 6. The van der Waals surface area contributed by atoms with Gasteiger partial charge < -0.3 is 14.2 Å². The lowest BCUT2D eigenvalue weighted by molar-refractivity contribution is 0.396. The average Bonchev–Trinajstić information content (AvgIpc) is 3.45. The van der Waals surface area contributed by atoms with Crippen molar-refractivity contribution in [1.82, 2.24) is 15.0 Å². The van der Waals surface area contributed by atoms with E-state index in [0.717, 1.165) is 83.5 Å². The smallest absolute Gasteiger partial charge is 0.123 e. The summed E-state index contributed by atoms with van der Waals surface area (Å²) in [4.78, 5) is 12.5. The van der Waals surface area contributed by atoms with Gasteiger partial charge in [0.2, 0.25) is 0 Å². The van der Waals surface area contributed by atoms with Gasteiger partial charge in [-0.3, -0.25) is 15.0 Å². The van der Waals surface area contributed by atoms with Crippen LogP contribution in [0, 0.1) is 71.0 Å². The molecule has 6 aromatic carbocycles. The van der Waals surface area contributed by atoms with Crippen LogP contribution < -0.4 is 14.2 Å². The normalized spacial score (nSPS) is 9.86. The molecule has 0 radical (unpaired) electrons. The molecule has 0 saturated heterocycles. The number of aromatic nitrogens is 3. The first-order chi connectivity index (χ1) is 36.0. The van der Waals surface area contributed by atoms with E-state index < -0.39 is 5.92 Å². The summed E-state index contributed by atoms with van der Waals surface area (Å²) in [6.45, 7) is 0. The van der Waals surface area contributed by atoms with E-state index in [1.807, 2.05) is 146 Å². The van der Waals surface area contributed by atoms with Crippen LogP contribution >= 0.6 is 0 Å². The third kappa shape index (κ3) is 12.8. The summed E-state index contributed by atoms with van der Waals surface area (Å²) in [6, 6.07) is 53.0. The van der Waals surface area contributed by atoms with Crippen LogP contribution in [0.1, 0.15) is 89.4 Å². The van der Waals surface area contributed by atoms with Gasteiger partial charge in [-0.2, -0.15) is 0 Å². The molecule has 6 nitrogen and oxygen atoms in total. The molecule has 6 heteroatoms. The van der Waals surface area contributed by atoms with Crippen molar-refractivity contribution in [1.29, 1.82) is 0 Å². The van der Waals surface area contributed by atoms with E-state index in [-0.39, 0.29) is 0 Å². The monoisotopic (exact) mass is 937 g/mol. The summed E-state index contributed by atoms with van der Waals surface area (Å²) in [5.74, 6) is 41.0. The molecule has 0 aliphatic carbocycles. The van der Waals surface area contributed by atoms with Crippen LogP contribution in [-0.4, -0.2) is 36.3 Å². The van der Waals surface area contributed by atoms with Gasteiger partial charge in [-0.25, -0.2) is 0 Å². The van der Waals surface area contributed by atoms with Gasteiger partial charge >= 0.3 is 0 Å². The zero-order valence-electron chi connectivity index (χ0n) is 40.2. The van der Waals surface area contributed by atoms with Crippen molar-refractivity contribution in [3.05, 3.63) is 284 Å². The summed E-state index contributed by atoms with van der Waals surface area (Å²) in [7, 11) is 5.01. The Morgan fingerprint density at radius 3 is 0.740 bits per heavy atom. The SMILES string of the molecule is COc1ccc(C#Cc2cccc(C#Cc3cccnc3)c2)cc1C(c1cc(C#Cc2cccc(C#Cc3cccnc3)c2)ccc1OC)c1cc(C#Cc2cccc(C#Cc3cccnc3)c2)ccc1OC. The molecule has 0 amide bonds. The maximum atomic E-state index is 6.17. The van der Waals surface area contributed by atoms with Crippen molar-refractivity contribution >= 4 is 0 Å². The summed E-state index contributed by atoms with van der Waals surface area (Å²) >= 11 is 0. The lowest BCUT2D eigenvalue weighted by Crippen LogP contribution is -2.10. The maximum Gasteiger partial charge on any atom is 0.123 e. The summed E-state index contributed by atoms with van der Waals surface area (Å²) in [6.07, 6.45) is 10.4. The molecule has 0 aliphatic rings. The Labute approximate surface area is 427 Å². The molecule has 0 atom stereocenters. The fourth-order valence-electron chi connectivity index (χ4n) is 7.82. The molecule has 344 valence electrons. The van der Waals surface area contributed by atoms with Crippen molar-refractivity contribution < 1.29 is 14.2 Å². The predicted octanol–water partition coefficient (Wildman–Crippen LogP) is 11.5. The molecule has 9 aromatic rings. The average molecular weight is 938 g/mol. The number of hydrogen-bond donors (Lipinski definition) is 0. The van der Waals surface area contributed by atoms with Gasteiger partial charge in [0.25, 0.3) is 0 Å². The zero-order chi connectivity index (χ0) is 50.0. The fourth-order valence-corrected chi connectivity index (χ4v) is 7.82. The van der Waals surface area contributed by atoms with Crippen molar-refractivity contribution in [3.63, 3.8) is 0 Å². The molecule has 73 heavy (non-hydrogen) atoms. The molecule has 9 rings (SSSR count). The number of nitrogens with zero attached hydrogens (tertiary/aromatic N) is 3. The Morgan fingerprint density at radius 1 is 0.274 bits per heavy atom. The number of pyridine rings is 3. The minimum atomic E-state index is -0.520. The van der Waals surface area contributed by atoms with Crippen LogP contribution in [0.25, 0.3) is 0 Å². The third-order valence-electron chi connectivity index (χ3n) is 11.3. The lowest BCUT2D eigenvalue weighted by atomic mass is 9.81. The van der Waals surface area contributed by atoms with Crippen LogP contribution in [0.3, 0.4) is 0 Å². The number of hydrogen-bond acceptors (Lipinski definition) is 6. The molecule has 0 N–H and O–H groups in total. The van der Waals surface area contributed by atoms with E-state index in [9.17, 15) is 0 Å². The maximum absolute atomic E-state index is 6.17. The topological polar surface area (TPSA) is 66.4 Å². The van der Waals surface area contributed by atoms with Gasteiger partial charge in [-0.05, 0) is 146 Å². The van der Waals surface area contributed by atoms with Crippen molar-refractivity contribution in [3.8, 4) is 88.3 Å². The second-order valence-electron chi connectivity index (χ2n) is 16.3. The van der Waals surface area contributed by atoms with Crippen LogP contribution in [0.15, 0.2) is 201 Å². The molecule has 0 fully saturated rings. The summed E-state index contributed by atoms with van der Waals surface area (Å²) < 4.78 is 18.5. The van der Waals surface area contributed by atoms with Gasteiger partial charge in [-0.15, -0.1) is 0 Å². The van der Waals surface area contributed by atoms with Gasteiger partial charge in [0.1, 0.15) is 17.2 Å². The van der Waals surface area contributed by atoms with Crippen LogP contribution in [0.2, 0.25) is 0 Å². The highest BCUT2D eigenvalue weighted by Crippen LogP contribution is 2.45. The van der Waals surface area contributed by atoms with E-state index in [1.165, 1.54) is 0 Å². The minimum Gasteiger partial charge on any atom is -0.496 e. The molecule has 0 unspecified atom stereocenters. The van der Waals surface area contributed by atoms with Crippen LogP contribution in [0.5, 0.6) is 17.2 Å². The minimum absolute atomic E-state index is 0.520. The van der Waals surface area contributed by atoms with Crippen LogP contribution in [0.4, 0.5) is 0 Å². The fraction of sp³-hybridized carbons (Fsp3) is 0.0597. The molecular weight excluding hydrogens is 895 g/mol. The van der Waals surface area contributed by atoms with E-state index >= 15 is 0 Å². The number of methoxy groups -OCH3 is 3. The first-order valence-electron chi connectivity index (χ1n) is 23.2. The largest absolute Gasteiger partial charge is 0.496 e. The Bertz CT molecular complexity index is 3450. The molecule has 0 aliphatic heterocycles. The molecule has 0 bridgehead atoms. The van der Waals surface area contributed by atoms with Gasteiger partial charge in [0.05, 0.1) is 21.3 Å². The Hall–Kier alpha value is -10.5. The Balaban J connectivity index is 1.13. The highest BCUT2D eigenvalue weighted by Gasteiger charge is 2.28.